The number of methoxy groups -OCH3 is 1. The highest BCUT2D eigenvalue weighted by Gasteiger charge is 2.18. The normalized spacial score (nSPS) is 11.2. The lowest BCUT2D eigenvalue weighted by Gasteiger charge is -2.22. The molecule has 0 aliphatic heterocycles. The summed E-state index contributed by atoms with van der Waals surface area (Å²) >= 11 is 0.418. The molecule has 0 aliphatic carbocycles. The molecule has 0 radical (unpaired) electrons. The lowest BCUT2D eigenvalue weighted by molar-refractivity contribution is 0.0675. The number of para-hydroxylation sites is 1. The Bertz CT molecular complexity index is 1040. The lowest BCUT2D eigenvalue weighted by Crippen LogP contribution is -2.34. The molecule has 29 heavy (non-hydrogen) atoms. The third kappa shape index (κ3) is 5.39. The minimum atomic E-state index is -2.52. The highest BCUT2D eigenvalue weighted by atomic mass is 32.2. The Hall–Kier alpha value is -2.78. The first-order valence-corrected chi connectivity index (χ1v) is 9.67. The van der Waals surface area contributed by atoms with Gasteiger partial charge < -0.3 is 14.6 Å². The average molecular weight is 419 g/mol. The van der Waals surface area contributed by atoms with E-state index in [2.05, 4.69) is 9.97 Å². The number of carbonyl (C=O) groups excluding carboxylic acids is 1. The van der Waals surface area contributed by atoms with Gasteiger partial charge in [0.05, 0.1) is 24.1 Å². The fraction of sp³-hybridized carbons (Fsp3) is 0.250. The van der Waals surface area contributed by atoms with Crippen LogP contribution in [0.2, 0.25) is 0 Å². The van der Waals surface area contributed by atoms with E-state index in [1.54, 1.807) is 24.3 Å². The summed E-state index contributed by atoms with van der Waals surface area (Å²) in [5, 5.41) is 0.470. The minimum absolute atomic E-state index is 0.0792. The topological polar surface area (TPSA) is 75.3 Å². The van der Waals surface area contributed by atoms with Crippen molar-refractivity contribution in [2.75, 3.05) is 20.3 Å². The number of nitrogens with one attached hydrogen (secondary N) is 1. The van der Waals surface area contributed by atoms with Crippen molar-refractivity contribution in [3.8, 4) is 0 Å². The predicted octanol–water partition coefficient (Wildman–Crippen LogP) is 3.53. The lowest BCUT2D eigenvalue weighted by atomic mass is 10.2. The molecule has 1 amide bonds. The SMILES string of the molecule is COCCN(Cc1nc2ccccc2c(=O)[nH]1)C(=O)c1ccc(SC(F)F)cc1. The van der Waals surface area contributed by atoms with Crippen molar-refractivity contribution in [2.24, 2.45) is 0 Å². The van der Waals surface area contributed by atoms with Gasteiger partial charge in [-0.3, -0.25) is 9.59 Å². The van der Waals surface area contributed by atoms with Crippen LogP contribution in [-0.2, 0) is 11.3 Å². The summed E-state index contributed by atoms with van der Waals surface area (Å²) in [4.78, 5) is 34.2. The van der Waals surface area contributed by atoms with Gasteiger partial charge in [-0.2, -0.15) is 8.78 Å². The molecule has 0 spiro atoms. The molecule has 3 rings (SSSR count). The zero-order chi connectivity index (χ0) is 20.8. The van der Waals surface area contributed by atoms with Gasteiger partial charge in [0.1, 0.15) is 5.82 Å². The van der Waals surface area contributed by atoms with Crippen LogP contribution in [0, 0.1) is 0 Å². The molecule has 0 saturated carbocycles. The van der Waals surface area contributed by atoms with Crippen molar-refractivity contribution in [1.29, 1.82) is 0 Å². The monoisotopic (exact) mass is 419 g/mol. The van der Waals surface area contributed by atoms with Gasteiger partial charge in [-0.15, -0.1) is 0 Å². The maximum Gasteiger partial charge on any atom is 0.288 e. The Morgan fingerprint density at radius 1 is 1.21 bits per heavy atom. The Balaban J connectivity index is 1.84. The number of fused-ring (bicyclic) bond motifs is 1. The summed E-state index contributed by atoms with van der Waals surface area (Å²) in [5.41, 5.74) is 0.611. The van der Waals surface area contributed by atoms with Gasteiger partial charge in [0.15, 0.2) is 0 Å². The van der Waals surface area contributed by atoms with E-state index in [9.17, 15) is 18.4 Å². The number of hydrogen-bond acceptors (Lipinski definition) is 5. The van der Waals surface area contributed by atoms with Crippen molar-refractivity contribution in [3.63, 3.8) is 0 Å². The third-order valence-corrected chi connectivity index (χ3v) is 4.90. The minimum Gasteiger partial charge on any atom is -0.383 e. The fourth-order valence-corrected chi connectivity index (χ4v) is 3.30. The number of amides is 1. The van der Waals surface area contributed by atoms with Crippen molar-refractivity contribution in [2.45, 2.75) is 17.2 Å². The number of aromatic amines is 1. The molecule has 3 aromatic rings. The van der Waals surface area contributed by atoms with Crippen LogP contribution in [0.5, 0.6) is 0 Å². The number of benzene rings is 2. The van der Waals surface area contributed by atoms with Crippen molar-refractivity contribution >= 4 is 28.6 Å². The quantitative estimate of drug-likeness (QED) is 0.566. The van der Waals surface area contributed by atoms with Crippen LogP contribution in [0.15, 0.2) is 58.2 Å². The molecule has 9 heteroatoms. The molecule has 0 aliphatic rings. The van der Waals surface area contributed by atoms with E-state index < -0.39 is 5.76 Å². The number of nitrogens with zero attached hydrogens (tertiary/aromatic N) is 2. The Labute approximate surface area is 169 Å². The summed E-state index contributed by atoms with van der Waals surface area (Å²) in [7, 11) is 1.52. The molecular formula is C20H19F2N3O3S. The molecule has 1 aromatic heterocycles. The first-order valence-electron chi connectivity index (χ1n) is 8.79. The highest BCUT2D eigenvalue weighted by molar-refractivity contribution is 7.99. The smallest absolute Gasteiger partial charge is 0.288 e. The Morgan fingerprint density at radius 3 is 2.62 bits per heavy atom. The van der Waals surface area contributed by atoms with E-state index in [1.165, 1.54) is 36.3 Å². The maximum atomic E-state index is 12.9. The largest absolute Gasteiger partial charge is 0.383 e. The fourth-order valence-electron chi connectivity index (χ4n) is 2.81. The van der Waals surface area contributed by atoms with E-state index in [1.807, 2.05) is 0 Å². The van der Waals surface area contributed by atoms with Crippen LogP contribution in [0.25, 0.3) is 10.9 Å². The standard InChI is InChI=1S/C20H19F2N3O3S/c1-28-11-10-25(19(27)13-6-8-14(9-7-13)29-20(21)22)12-17-23-16-5-3-2-4-15(16)18(26)24-17/h2-9,20H,10-12H2,1H3,(H,23,24,26). The molecular weight excluding hydrogens is 400 g/mol. The molecule has 152 valence electrons. The third-order valence-electron chi connectivity index (χ3n) is 4.18. The van der Waals surface area contributed by atoms with E-state index in [-0.39, 0.29) is 24.6 Å². The maximum absolute atomic E-state index is 12.9. The molecule has 2 aromatic carbocycles. The number of alkyl halides is 2. The molecule has 0 bridgehead atoms. The Kier molecular flexibility index (Phi) is 6.95. The Morgan fingerprint density at radius 2 is 1.93 bits per heavy atom. The van der Waals surface area contributed by atoms with Crippen molar-refractivity contribution in [3.05, 3.63) is 70.3 Å². The molecule has 0 fully saturated rings. The van der Waals surface area contributed by atoms with Gasteiger partial charge in [-0.1, -0.05) is 23.9 Å². The van der Waals surface area contributed by atoms with Gasteiger partial charge in [0.25, 0.3) is 17.2 Å². The first kappa shape index (κ1) is 20.9. The van der Waals surface area contributed by atoms with Crippen LogP contribution in [0.4, 0.5) is 8.78 Å². The molecule has 0 saturated heterocycles. The van der Waals surface area contributed by atoms with Gasteiger partial charge in [-0.25, -0.2) is 4.98 Å². The van der Waals surface area contributed by atoms with Crippen LogP contribution in [0.1, 0.15) is 16.2 Å². The summed E-state index contributed by atoms with van der Waals surface area (Å²) in [5.74, 6) is -2.49. The van der Waals surface area contributed by atoms with Gasteiger partial charge in [-0.05, 0) is 36.4 Å². The molecule has 1 heterocycles. The second-order valence-corrected chi connectivity index (χ2v) is 7.22. The summed E-state index contributed by atoms with van der Waals surface area (Å²) in [6.07, 6.45) is 0. The molecule has 0 atom stereocenters. The number of ether oxygens (including phenoxy) is 1. The van der Waals surface area contributed by atoms with Crippen molar-refractivity contribution in [1.82, 2.24) is 14.9 Å². The number of thioether (sulfide) groups is 1. The zero-order valence-electron chi connectivity index (χ0n) is 15.6. The van der Waals surface area contributed by atoms with Crippen LogP contribution in [-0.4, -0.2) is 46.8 Å². The highest BCUT2D eigenvalue weighted by Crippen LogP contribution is 2.25. The van der Waals surface area contributed by atoms with Crippen LogP contribution >= 0.6 is 11.8 Å². The number of hydrogen-bond donors (Lipinski definition) is 1. The second-order valence-electron chi connectivity index (χ2n) is 6.15. The van der Waals surface area contributed by atoms with E-state index in [0.29, 0.717) is 45.6 Å². The summed E-state index contributed by atoms with van der Waals surface area (Å²) in [6.45, 7) is 0.651. The van der Waals surface area contributed by atoms with Gasteiger partial charge in [0.2, 0.25) is 0 Å². The summed E-state index contributed by atoms with van der Waals surface area (Å²) in [6, 6.07) is 12.9. The van der Waals surface area contributed by atoms with Crippen LogP contribution < -0.4 is 5.56 Å². The number of rotatable bonds is 8. The number of aromatic nitrogens is 2. The number of H-pyrrole nitrogens is 1. The molecule has 0 unspecified atom stereocenters. The average Bonchev–Trinajstić information content (AvgIpc) is 2.71. The first-order chi connectivity index (χ1) is 14.0. The number of halogens is 2. The zero-order valence-corrected chi connectivity index (χ0v) is 16.4. The molecule has 1 N–H and O–H groups in total. The van der Waals surface area contributed by atoms with Crippen LogP contribution in [0.3, 0.4) is 0 Å². The van der Waals surface area contributed by atoms with E-state index in [4.69, 9.17) is 4.74 Å². The predicted molar refractivity (Wildman–Crippen MR) is 107 cm³/mol. The van der Waals surface area contributed by atoms with Gasteiger partial charge in [0, 0.05) is 24.1 Å². The van der Waals surface area contributed by atoms with E-state index >= 15 is 0 Å². The second kappa shape index (κ2) is 9.62. The van der Waals surface area contributed by atoms with Gasteiger partial charge >= 0.3 is 0 Å². The van der Waals surface area contributed by atoms with E-state index in [0.717, 1.165) is 0 Å². The summed E-state index contributed by atoms with van der Waals surface area (Å²) < 4.78 is 30.0. The number of carbonyl (C=O) groups is 1. The molecule has 6 nitrogen and oxygen atoms in total. The van der Waals surface area contributed by atoms with Crippen molar-refractivity contribution < 1.29 is 18.3 Å².